The first-order valence-electron chi connectivity index (χ1n) is 7.96. The van der Waals surface area contributed by atoms with E-state index in [1.165, 1.54) is 12.8 Å². The van der Waals surface area contributed by atoms with Gasteiger partial charge in [0.25, 0.3) is 0 Å². The largest absolute Gasteiger partial charge is 0.480 e. The highest BCUT2D eigenvalue weighted by molar-refractivity contribution is 5.79. The van der Waals surface area contributed by atoms with E-state index in [1.54, 1.807) is 0 Å². The molecule has 3 atom stereocenters. The first-order valence-corrected chi connectivity index (χ1v) is 7.96. The predicted molar refractivity (Wildman–Crippen MR) is 80.4 cm³/mol. The van der Waals surface area contributed by atoms with E-state index in [9.17, 15) is 9.90 Å². The number of aromatic nitrogens is 2. The minimum atomic E-state index is -0.723. The van der Waals surface area contributed by atoms with Crippen molar-refractivity contribution in [2.24, 2.45) is 5.92 Å². The van der Waals surface area contributed by atoms with Gasteiger partial charge in [0.05, 0.1) is 0 Å². The van der Waals surface area contributed by atoms with Crippen LogP contribution in [-0.2, 0) is 11.2 Å². The maximum atomic E-state index is 11.7. The summed E-state index contributed by atoms with van der Waals surface area (Å²) in [7, 11) is 0. The summed E-state index contributed by atoms with van der Waals surface area (Å²) in [5, 5.41) is 9.60. The van der Waals surface area contributed by atoms with Gasteiger partial charge in [-0.05, 0) is 38.5 Å². The van der Waals surface area contributed by atoms with Crippen molar-refractivity contribution in [1.82, 2.24) is 9.97 Å². The molecule has 0 aromatic carbocycles. The third-order valence-corrected chi connectivity index (χ3v) is 4.88. The second-order valence-electron chi connectivity index (χ2n) is 6.23. The Labute approximate surface area is 125 Å². The molecular formula is C16H23N3O2. The molecule has 5 nitrogen and oxygen atoms in total. The average molecular weight is 289 g/mol. The molecule has 1 aliphatic heterocycles. The lowest BCUT2D eigenvalue weighted by Crippen LogP contribution is -2.43. The van der Waals surface area contributed by atoms with Crippen LogP contribution in [0.15, 0.2) is 6.07 Å². The maximum absolute atomic E-state index is 11.7. The number of fused-ring (bicyclic) bond motifs is 1. The molecule has 114 valence electrons. The molecule has 1 aromatic heterocycles. The van der Waals surface area contributed by atoms with Crippen LogP contribution < -0.4 is 4.90 Å². The summed E-state index contributed by atoms with van der Waals surface area (Å²) >= 11 is 0. The highest BCUT2D eigenvalue weighted by Gasteiger charge is 2.45. The van der Waals surface area contributed by atoms with Crippen molar-refractivity contribution in [1.29, 1.82) is 0 Å². The lowest BCUT2D eigenvalue weighted by molar-refractivity contribution is -0.138. The van der Waals surface area contributed by atoms with Crippen molar-refractivity contribution < 1.29 is 9.90 Å². The van der Waals surface area contributed by atoms with Gasteiger partial charge in [0, 0.05) is 17.8 Å². The standard InChI is InChI=1S/C16H23N3O2/c1-3-12-9-15(18-10(2)17-12)19-13-7-5-4-6-11(13)8-14(19)16(20)21/h9,11,13-14H,3-8H2,1-2H3,(H,20,21). The van der Waals surface area contributed by atoms with Crippen LogP contribution in [0.25, 0.3) is 0 Å². The van der Waals surface area contributed by atoms with Crippen molar-refractivity contribution in [3.63, 3.8) is 0 Å². The number of rotatable bonds is 3. The summed E-state index contributed by atoms with van der Waals surface area (Å²) in [6.45, 7) is 3.94. The van der Waals surface area contributed by atoms with Crippen LogP contribution in [0.5, 0.6) is 0 Å². The molecule has 1 aliphatic carbocycles. The molecular weight excluding hydrogens is 266 g/mol. The SMILES string of the molecule is CCc1cc(N2C(C(=O)O)CC3CCCCC32)nc(C)n1. The van der Waals surface area contributed by atoms with E-state index in [0.717, 1.165) is 43.0 Å². The Morgan fingerprint density at radius 1 is 1.38 bits per heavy atom. The molecule has 0 radical (unpaired) electrons. The lowest BCUT2D eigenvalue weighted by Gasteiger charge is -2.34. The molecule has 1 N–H and O–H groups in total. The van der Waals surface area contributed by atoms with Gasteiger partial charge in [-0.2, -0.15) is 0 Å². The fraction of sp³-hybridized carbons (Fsp3) is 0.688. The van der Waals surface area contributed by atoms with Crippen molar-refractivity contribution in [2.45, 2.75) is 64.5 Å². The van der Waals surface area contributed by atoms with Crippen molar-refractivity contribution in [3.8, 4) is 0 Å². The number of hydrogen-bond acceptors (Lipinski definition) is 4. The summed E-state index contributed by atoms with van der Waals surface area (Å²) in [5.41, 5.74) is 0.987. The van der Waals surface area contributed by atoms with Gasteiger partial charge in [0.2, 0.25) is 0 Å². The fourth-order valence-corrected chi connectivity index (χ4v) is 3.94. The van der Waals surface area contributed by atoms with Gasteiger partial charge in [-0.3, -0.25) is 0 Å². The summed E-state index contributed by atoms with van der Waals surface area (Å²) in [5.74, 6) is 1.31. The Balaban J connectivity index is 2.00. The number of anilines is 1. The van der Waals surface area contributed by atoms with Gasteiger partial charge >= 0.3 is 5.97 Å². The highest BCUT2D eigenvalue weighted by Crippen LogP contribution is 2.41. The smallest absolute Gasteiger partial charge is 0.326 e. The van der Waals surface area contributed by atoms with Crippen LogP contribution in [-0.4, -0.2) is 33.1 Å². The minimum Gasteiger partial charge on any atom is -0.480 e. The van der Waals surface area contributed by atoms with Gasteiger partial charge in [-0.25, -0.2) is 14.8 Å². The van der Waals surface area contributed by atoms with E-state index in [4.69, 9.17) is 0 Å². The Bertz CT molecular complexity index is 546. The van der Waals surface area contributed by atoms with Crippen molar-refractivity contribution in [2.75, 3.05) is 4.90 Å². The third-order valence-electron chi connectivity index (χ3n) is 4.88. The molecule has 2 heterocycles. The normalized spacial score (nSPS) is 28.5. The van der Waals surface area contributed by atoms with Crippen LogP contribution in [0.2, 0.25) is 0 Å². The first kappa shape index (κ1) is 14.3. The maximum Gasteiger partial charge on any atom is 0.326 e. The molecule has 21 heavy (non-hydrogen) atoms. The molecule has 3 rings (SSSR count). The summed E-state index contributed by atoms with van der Waals surface area (Å²) in [6.07, 6.45) is 6.24. The lowest BCUT2D eigenvalue weighted by atomic mass is 9.85. The van der Waals surface area contributed by atoms with Crippen LogP contribution in [0.1, 0.15) is 50.5 Å². The van der Waals surface area contributed by atoms with Gasteiger partial charge in [-0.15, -0.1) is 0 Å². The Hall–Kier alpha value is -1.65. The number of carboxylic acid groups (broad SMARTS) is 1. The molecule has 3 unspecified atom stereocenters. The molecule has 0 amide bonds. The number of carbonyl (C=O) groups is 1. The van der Waals surface area contributed by atoms with Crippen LogP contribution in [0.3, 0.4) is 0 Å². The molecule has 2 aliphatic rings. The topological polar surface area (TPSA) is 66.3 Å². The summed E-state index contributed by atoms with van der Waals surface area (Å²) in [4.78, 5) is 22.7. The number of hydrogen-bond donors (Lipinski definition) is 1. The van der Waals surface area contributed by atoms with Gasteiger partial charge in [0.1, 0.15) is 17.7 Å². The molecule has 1 aromatic rings. The van der Waals surface area contributed by atoms with E-state index in [-0.39, 0.29) is 0 Å². The van der Waals surface area contributed by atoms with Crippen LogP contribution >= 0.6 is 0 Å². The van der Waals surface area contributed by atoms with Crippen molar-refractivity contribution in [3.05, 3.63) is 17.6 Å². The monoisotopic (exact) mass is 289 g/mol. The average Bonchev–Trinajstić information content (AvgIpc) is 2.86. The Morgan fingerprint density at radius 3 is 2.86 bits per heavy atom. The molecule has 2 fully saturated rings. The van der Waals surface area contributed by atoms with Crippen LogP contribution in [0, 0.1) is 12.8 Å². The zero-order valence-electron chi connectivity index (χ0n) is 12.7. The number of aliphatic carboxylic acids is 1. The highest BCUT2D eigenvalue weighted by atomic mass is 16.4. The molecule has 5 heteroatoms. The Kier molecular flexibility index (Phi) is 3.83. The predicted octanol–water partition coefficient (Wildman–Crippen LogP) is 2.57. The van der Waals surface area contributed by atoms with Crippen LogP contribution in [0.4, 0.5) is 5.82 Å². The van der Waals surface area contributed by atoms with E-state index in [1.807, 2.05) is 13.0 Å². The number of nitrogens with zero attached hydrogens (tertiary/aromatic N) is 3. The summed E-state index contributed by atoms with van der Waals surface area (Å²) in [6, 6.07) is 1.87. The zero-order valence-corrected chi connectivity index (χ0v) is 12.7. The molecule has 0 bridgehead atoms. The van der Waals surface area contributed by atoms with E-state index in [2.05, 4.69) is 21.8 Å². The quantitative estimate of drug-likeness (QED) is 0.926. The number of aryl methyl sites for hydroxylation is 2. The van der Waals surface area contributed by atoms with E-state index >= 15 is 0 Å². The van der Waals surface area contributed by atoms with E-state index in [0.29, 0.717) is 12.0 Å². The second kappa shape index (κ2) is 5.62. The zero-order chi connectivity index (χ0) is 15.0. The minimum absolute atomic E-state index is 0.332. The number of carboxylic acids is 1. The summed E-state index contributed by atoms with van der Waals surface area (Å²) < 4.78 is 0. The fourth-order valence-electron chi connectivity index (χ4n) is 3.94. The van der Waals surface area contributed by atoms with Crippen molar-refractivity contribution >= 4 is 11.8 Å². The second-order valence-corrected chi connectivity index (χ2v) is 6.23. The van der Waals surface area contributed by atoms with Gasteiger partial charge in [-0.1, -0.05) is 19.8 Å². The van der Waals surface area contributed by atoms with E-state index < -0.39 is 12.0 Å². The molecule has 1 saturated carbocycles. The van der Waals surface area contributed by atoms with Gasteiger partial charge < -0.3 is 10.0 Å². The third kappa shape index (κ3) is 2.61. The Morgan fingerprint density at radius 2 is 2.14 bits per heavy atom. The molecule has 0 spiro atoms. The first-order chi connectivity index (χ1) is 10.1. The molecule has 1 saturated heterocycles. The van der Waals surface area contributed by atoms with Gasteiger partial charge in [0.15, 0.2) is 0 Å².